The van der Waals surface area contributed by atoms with Gasteiger partial charge in [-0.1, -0.05) is 13.0 Å². The molecule has 1 aliphatic heterocycles. The first-order valence-electron chi connectivity index (χ1n) is 9.33. The van der Waals surface area contributed by atoms with Crippen molar-refractivity contribution in [1.29, 1.82) is 5.26 Å². The van der Waals surface area contributed by atoms with Crippen LogP contribution < -0.4 is 15.8 Å². The number of amides is 1. The lowest BCUT2D eigenvalue weighted by Gasteiger charge is -2.35. The number of aryl methyl sites for hydroxylation is 1. The topological polar surface area (TPSA) is 93.7 Å². The normalized spacial score (nSPS) is 15.5. The van der Waals surface area contributed by atoms with Gasteiger partial charge in [-0.25, -0.2) is 4.98 Å². The van der Waals surface area contributed by atoms with E-state index in [2.05, 4.69) is 22.0 Å². The summed E-state index contributed by atoms with van der Waals surface area (Å²) in [5.41, 5.74) is 1.31. The standard InChI is InChI=1S/C20H24N6O2/c1-4-24-8-10-25(11-9-24)18-16(12-15(13-21)19(27)22-3)20(28)26-7-5-6-14(2)17(26)23-18/h5-7,12H,4,8-11H2,1-3H3,(H,22,27)/b15-12+. The fourth-order valence-electron chi connectivity index (χ4n) is 3.37. The van der Waals surface area contributed by atoms with Crippen molar-refractivity contribution in [3.8, 4) is 6.07 Å². The molecule has 0 aliphatic carbocycles. The molecule has 3 rings (SSSR count). The summed E-state index contributed by atoms with van der Waals surface area (Å²) in [6.07, 6.45) is 3.00. The van der Waals surface area contributed by atoms with E-state index in [0.29, 0.717) is 11.5 Å². The molecule has 0 unspecified atom stereocenters. The van der Waals surface area contributed by atoms with Crippen LogP contribution in [0, 0.1) is 18.3 Å². The van der Waals surface area contributed by atoms with E-state index in [1.165, 1.54) is 17.5 Å². The van der Waals surface area contributed by atoms with E-state index < -0.39 is 5.91 Å². The Hall–Kier alpha value is -3.18. The molecule has 0 atom stereocenters. The number of carbonyl (C=O) groups is 1. The van der Waals surface area contributed by atoms with Crippen LogP contribution in [-0.2, 0) is 4.79 Å². The van der Waals surface area contributed by atoms with Gasteiger partial charge in [0.15, 0.2) is 0 Å². The molecule has 1 amide bonds. The van der Waals surface area contributed by atoms with E-state index in [4.69, 9.17) is 4.98 Å². The van der Waals surface area contributed by atoms with Crippen LogP contribution in [0.3, 0.4) is 0 Å². The van der Waals surface area contributed by atoms with Crippen molar-refractivity contribution in [2.75, 3.05) is 44.7 Å². The minimum absolute atomic E-state index is 0.123. The number of carbonyl (C=O) groups excluding carboxylic acids is 1. The molecular weight excluding hydrogens is 356 g/mol. The van der Waals surface area contributed by atoms with Crippen LogP contribution in [0.2, 0.25) is 0 Å². The molecule has 1 aliphatic rings. The second kappa shape index (κ2) is 8.23. The smallest absolute Gasteiger partial charge is 0.267 e. The summed E-state index contributed by atoms with van der Waals surface area (Å²) < 4.78 is 1.46. The minimum atomic E-state index is -0.530. The summed E-state index contributed by atoms with van der Waals surface area (Å²) >= 11 is 0. The van der Waals surface area contributed by atoms with Crippen LogP contribution in [0.15, 0.2) is 28.7 Å². The maximum absolute atomic E-state index is 13.2. The van der Waals surface area contributed by atoms with Crippen molar-refractivity contribution in [3.63, 3.8) is 0 Å². The molecule has 0 aromatic carbocycles. The van der Waals surface area contributed by atoms with Gasteiger partial charge in [0.05, 0.1) is 5.56 Å². The summed E-state index contributed by atoms with van der Waals surface area (Å²) in [5, 5.41) is 11.8. The average Bonchev–Trinajstić information content (AvgIpc) is 2.73. The number of piperazine rings is 1. The summed E-state index contributed by atoms with van der Waals surface area (Å²) in [5.74, 6) is -0.00954. The number of fused-ring (bicyclic) bond motifs is 1. The molecule has 0 saturated carbocycles. The van der Waals surface area contributed by atoms with Crippen LogP contribution in [0.25, 0.3) is 11.7 Å². The largest absolute Gasteiger partial charge is 0.354 e. The van der Waals surface area contributed by atoms with Crippen molar-refractivity contribution < 1.29 is 4.79 Å². The molecule has 28 heavy (non-hydrogen) atoms. The lowest BCUT2D eigenvalue weighted by atomic mass is 10.1. The van der Waals surface area contributed by atoms with Gasteiger partial charge in [-0.05, 0) is 31.2 Å². The molecule has 2 aromatic rings. The van der Waals surface area contributed by atoms with Crippen molar-refractivity contribution in [2.24, 2.45) is 0 Å². The molecule has 3 heterocycles. The predicted molar refractivity (Wildman–Crippen MR) is 108 cm³/mol. The van der Waals surface area contributed by atoms with Crippen LogP contribution in [0.4, 0.5) is 5.82 Å². The number of nitrogens with zero attached hydrogens (tertiary/aromatic N) is 5. The van der Waals surface area contributed by atoms with E-state index in [0.717, 1.165) is 38.3 Å². The Kier molecular flexibility index (Phi) is 5.76. The highest BCUT2D eigenvalue weighted by Gasteiger charge is 2.23. The Bertz CT molecular complexity index is 1030. The van der Waals surface area contributed by atoms with Gasteiger partial charge in [-0.15, -0.1) is 0 Å². The Morgan fingerprint density at radius 1 is 1.36 bits per heavy atom. The first-order valence-corrected chi connectivity index (χ1v) is 9.33. The van der Waals surface area contributed by atoms with Crippen molar-refractivity contribution >= 4 is 23.4 Å². The predicted octanol–water partition coefficient (Wildman–Crippen LogP) is 0.798. The molecule has 0 radical (unpaired) electrons. The molecule has 1 fully saturated rings. The summed E-state index contributed by atoms with van der Waals surface area (Å²) in [4.78, 5) is 34.4. The van der Waals surface area contributed by atoms with Gasteiger partial charge >= 0.3 is 0 Å². The number of rotatable bonds is 4. The molecule has 1 saturated heterocycles. The molecule has 8 heteroatoms. The monoisotopic (exact) mass is 380 g/mol. The Balaban J connectivity index is 2.21. The van der Waals surface area contributed by atoms with Gasteiger partial charge in [0.25, 0.3) is 11.5 Å². The van der Waals surface area contributed by atoms with Gasteiger partial charge in [0, 0.05) is 39.4 Å². The fraction of sp³-hybridized carbons (Fsp3) is 0.400. The van der Waals surface area contributed by atoms with Gasteiger partial charge in [0.2, 0.25) is 0 Å². The molecule has 0 bridgehead atoms. The highest BCUT2D eigenvalue weighted by atomic mass is 16.1. The number of likely N-dealkylation sites (N-methyl/N-ethyl adjacent to an activating group) is 2. The van der Waals surface area contributed by atoms with Gasteiger partial charge in [-0.2, -0.15) is 5.26 Å². The Labute approximate surface area is 163 Å². The lowest BCUT2D eigenvalue weighted by molar-refractivity contribution is -0.116. The second-order valence-electron chi connectivity index (χ2n) is 6.71. The number of aromatic nitrogens is 2. The first-order chi connectivity index (χ1) is 13.5. The zero-order valence-corrected chi connectivity index (χ0v) is 16.4. The molecule has 8 nitrogen and oxygen atoms in total. The molecule has 2 aromatic heterocycles. The minimum Gasteiger partial charge on any atom is -0.354 e. The number of nitriles is 1. The SMILES string of the molecule is CCN1CCN(c2nc3c(C)cccn3c(=O)c2/C=C(\C#N)C(=O)NC)CC1. The fourth-order valence-corrected chi connectivity index (χ4v) is 3.37. The maximum Gasteiger partial charge on any atom is 0.267 e. The average molecular weight is 380 g/mol. The number of hydrogen-bond acceptors (Lipinski definition) is 6. The van der Waals surface area contributed by atoms with Crippen molar-refractivity contribution in [2.45, 2.75) is 13.8 Å². The van der Waals surface area contributed by atoms with Gasteiger partial charge in [0.1, 0.15) is 23.1 Å². The molecule has 0 spiro atoms. The number of anilines is 1. The summed E-state index contributed by atoms with van der Waals surface area (Å²) in [6, 6.07) is 5.57. The third-order valence-electron chi connectivity index (χ3n) is 5.06. The highest BCUT2D eigenvalue weighted by molar-refractivity contribution is 6.02. The number of pyridine rings is 1. The zero-order valence-electron chi connectivity index (χ0n) is 16.4. The first kappa shape index (κ1) is 19.6. The lowest BCUT2D eigenvalue weighted by Crippen LogP contribution is -2.47. The van der Waals surface area contributed by atoms with E-state index >= 15 is 0 Å². The third kappa shape index (κ3) is 3.62. The third-order valence-corrected chi connectivity index (χ3v) is 5.06. The maximum atomic E-state index is 13.2. The number of nitrogens with one attached hydrogen (secondary N) is 1. The quantitative estimate of drug-likeness (QED) is 0.623. The van der Waals surface area contributed by atoms with E-state index in [1.54, 1.807) is 12.3 Å². The Morgan fingerprint density at radius 2 is 2.07 bits per heavy atom. The second-order valence-corrected chi connectivity index (χ2v) is 6.71. The van der Waals surface area contributed by atoms with Crippen LogP contribution >= 0.6 is 0 Å². The van der Waals surface area contributed by atoms with Crippen molar-refractivity contribution in [1.82, 2.24) is 19.6 Å². The van der Waals surface area contributed by atoms with Gasteiger partial charge in [-0.3, -0.25) is 14.0 Å². The van der Waals surface area contributed by atoms with Crippen LogP contribution in [-0.4, -0.2) is 60.0 Å². The molecular formula is C20H24N6O2. The van der Waals surface area contributed by atoms with Crippen LogP contribution in [0.1, 0.15) is 18.1 Å². The van der Waals surface area contributed by atoms with Crippen LogP contribution in [0.5, 0.6) is 0 Å². The Morgan fingerprint density at radius 3 is 2.68 bits per heavy atom. The van der Waals surface area contributed by atoms with E-state index in [-0.39, 0.29) is 16.7 Å². The highest BCUT2D eigenvalue weighted by Crippen LogP contribution is 2.21. The summed E-state index contributed by atoms with van der Waals surface area (Å²) in [6.45, 7) is 8.20. The van der Waals surface area contributed by atoms with Crippen molar-refractivity contribution in [3.05, 3.63) is 45.4 Å². The van der Waals surface area contributed by atoms with E-state index in [9.17, 15) is 14.9 Å². The number of hydrogen-bond donors (Lipinski definition) is 1. The molecule has 1 N–H and O–H groups in total. The van der Waals surface area contributed by atoms with Gasteiger partial charge < -0.3 is 15.1 Å². The summed E-state index contributed by atoms with van der Waals surface area (Å²) in [7, 11) is 1.45. The zero-order chi connectivity index (χ0) is 20.3. The van der Waals surface area contributed by atoms with E-state index in [1.807, 2.05) is 19.1 Å². The molecule has 146 valence electrons.